The van der Waals surface area contributed by atoms with E-state index in [-0.39, 0.29) is 29.0 Å². The van der Waals surface area contributed by atoms with Crippen molar-refractivity contribution >= 4 is 21.6 Å². The molecule has 1 aliphatic heterocycles. The standard InChI is InChI=1S/C20H21ClF4N2O2S/c1-26(13-14-3-2-4-15(11-14)20(23,24)25)17-7-9-27(10-8-17)30(28,29)19-6-5-16(22)12-18(19)21/h2-6,11-12,17H,7-10,13H2,1H3. The van der Waals surface area contributed by atoms with Crippen molar-refractivity contribution in [2.45, 2.75) is 36.5 Å². The molecule has 1 fully saturated rings. The lowest BCUT2D eigenvalue weighted by molar-refractivity contribution is -0.137. The first-order chi connectivity index (χ1) is 14.0. The molecule has 0 radical (unpaired) electrons. The monoisotopic (exact) mass is 464 g/mol. The average Bonchev–Trinajstić information content (AvgIpc) is 2.67. The fourth-order valence-corrected chi connectivity index (χ4v) is 5.58. The normalized spacial score (nSPS) is 16.9. The van der Waals surface area contributed by atoms with Crippen LogP contribution in [-0.4, -0.2) is 43.8 Å². The zero-order valence-electron chi connectivity index (χ0n) is 16.2. The molecule has 0 aliphatic carbocycles. The molecule has 10 heteroatoms. The van der Waals surface area contributed by atoms with Crippen molar-refractivity contribution in [2.75, 3.05) is 20.1 Å². The Hall–Kier alpha value is -1.68. The Balaban J connectivity index is 1.64. The van der Waals surface area contributed by atoms with Crippen LogP contribution in [0.3, 0.4) is 0 Å². The molecule has 164 valence electrons. The Kier molecular flexibility index (Phi) is 6.76. The minimum Gasteiger partial charge on any atom is -0.299 e. The second-order valence-electron chi connectivity index (χ2n) is 7.32. The molecule has 0 bridgehead atoms. The molecule has 2 aromatic carbocycles. The number of benzene rings is 2. The first-order valence-electron chi connectivity index (χ1n) is 9.30. The van der Waals surface area contributed by atoms with Gasteiger partial charge in [-0.05, 0) is 49.7 Å². The second kappa shape index (κ2) is 8.82. The van der Waals surface area contributed by atoms with Crippen LogP contribution in [0.5, 0.6) is 0 Å². The average molecular weight is 465 g/mol. The highest BCUT2D eigenvalue weighted by atomic mass is 35.5. The molecule has 3 rings (SSSR count). The van der Waals surface area contributed by atoms with Gasteiger partial charge in [0.15, 0.2) is 0 Å². The van der Waals surface area contributed by atoms with Gasteiger partial charge in [-0.15, -0.1) is 0 Å². The lowest BCUT2D eigenvalue weighted by Crippen LogP contribution is -2.45. The van der Waals surface area contributed by atoms with E-state index in [2.05, 4.69) is 0 Å². The molecular weight excluding hydrogens is 444 g/mol. The van der Waals surface area contributed by atoms with Gasteiger partial charge in [0.05, 0.1) is 10.6 Å². The van der Waals surface area contributed by atoms with Crippen molar-refractivity contribution in [3.05, 3.63) is 64.4 Å². The first kappa shape index (κ1) is 23.0. The van der Waals surface area contributed by atoms with Gasteiger partial charge >= 0.3 is 6.18 Å². The quantitative estimate of drug-likeness (QED) is 0.598. The fraction of sp³-hybridized carbons (Fsp3) is 0.400. The van der Waals surface area contributed by atoms with Crippen molar-refractivity contribution in [1.29, 1.82) is 0 Å². The van der Waals surface area contributed by atoms with Crippen molar-refractivity contribution in [1.82, 2.24) is 9.21 Å². The van der Waals surface area contributed by atoms with Crippen LogP contribution in [-0.2, 0) is 22.7 Å². The highest BCUT2D eigenvalue weighted by molar-refractivity contribution is 7.89. The highest BCUT2D eigenvalue weighted by Gasteiger charge is 2.33. The molecule has 4 nitrogen and oxygen atoms in total. The molecule has 30 heavy (non-hydrogen) atoms. The maximum Gasteiger partial charge on any atom is 0.416 e. The molecule has 0 unspecified atom stereocenters. The van der Waals surface area contributed by atoms with Crippen molar-refractivity contribution in [3.8, 4) is 0 Å². The fourth-order valence-electron chi connectivity index (χ4n) is 3.61. The van der Waals surface area contributed by atoms with E-state index >= 15 is 0 Å². The van der Waals surface area contributed by atoms with E-state index < -0.39 is 27.6 Å². The second-order valence-corrected chi connectivity index (χ2v) is 9.64. The third-order valence-electron chi connectivity index (χ3n) is 5.24. The van der Waals surface area contributed by atoms with Crippen LogP contribution >= 0.6 is 11.6 Å². The van der Waals surface area contributed by atoms with Gasteiger partial charge in [-0.3, -0.25) is 4.90 Å². The topological polar surface area (TPSA) is 40.6 Å². The Bertz CT molecular complexity index is 1010. The summed E-state index contributed by atoms with van der Waals surface area (Å²) in [5, 5.41) is -0.168. The lowest BCUT2D eigenvalue weighted by Gasteiger charge is -2.36. The Labute approximate surface area is 178 Å². The van der Waals surface area contributed by atoms with Crippen LogP contribution in [0.25, 0.3) is 0 Å². The largest absolute Gasteiger partial charge is 0.416 e. The van der Waals surface area contributed by atoms with E-state index in [1.165, 1.54) is 10.4 Å². The summed E-state index contributed by atoms with van der Waals surface area (Å²) in [5.74, 6) is -0.617. The van der Waals surface area contributed by atoms with E-state index in [1.807, 2.05) is 11.9 Å². The predicted molar refractivity (Wildman–Crippen MR) is 106 cm³/mol. The molecule has 1 heterocycles. The number of hydrogen-bond acceptors (Lipinski definition) is 3. The smallest absolute Gasteiger partial charge is 0.299 e. The first-order valence-corrected chi connectivity index (χ1v) is 11.1. The van der Waals surface area contributed by atoms with Crippen molar-refractivity contribution in [3.63, 3.8) is 0 Å². The van der Waals surface area contributed by atoms with Gasteiger partial charge in [-0.1, -0.05) is 29.8 Å². The summed E-state index contributed by atoms with van der Waals surface area (Å²) < 4.78 is 78.9. The van der Waals surface area contributed by atoms with Gasteiger partial charge in [0.2, 0.25) is 10.0 Å². The Morgan fingerprint density at radius 3 is 2.40 bits per heavy atom. The van der Waals surface area contributed by atoms with Gasteiger partial charge in [0.1, 0.15) is 10.7 Å². The lowest BCUT2D eigenvalue weighted by atomic mass is 10.0. The summed E-state index contributed by atoms with van der Waals surface area (Å²) in [4.78, 5) is 1.80. The van der Waals surface area contributed by atoms with E-state index in [0.717, 1.165) is 30.3 Å². The zero-order valence-corrected chi connectivity index (χ0v) is 17.7. The highest BCUT2D eigenvalue weighted by Crippen LogP contribution is 2.31. The van der Waals surface area contributed by atoms with Crippen LogP contribution in [0.2, 0.25) is 5.02 Å². The predicted octanol–water partition coefficient (Wildman–Crippen LogP) is 4.78. The summed E-state index contributed by atoms with van der Waals surface area (Å²) in [6, 6.07) is 8.38. The van der Waals surface area contributed by atoms with E-state index in [1.54, 1.807) is 6.07 Å². The maximum absolute atomic E-state index is 13.2. The number of hydrogen-bond donors (Lipinski definition) is 0. The van der Waals surface area contributed by atoms with Crippen LogP contribution in [0, 0.1) is 5.82 Å². The van der Waals surface area contributed by atoms with E-state index in [4.69, 9.17) is 11.6 Å². The SMILES string of the molecule is CN(Cc1cccc(C(F)(F)F)c1)C1CCN(S(=O)(=O)c2ccc(F)cc2Cl)CC1. The summed E-state index contributed by atoms with van der Waals surface area (Å²) in [7, 11) is -2.04. The number of halogens is 5. The molecule has 0 amide bonds. The maximum atomic E-state index is 13.2. The summed E-state index contributed by atoms with van der Waals surface area (Å²) >= 11 is 5.91. The molecule has 0 atom stereocenters. The molecule has 1 saturated heterocycles. The molecular formula is C20H21ClF4N2O2S. The van der Waals surface area contributed by atoms with Crippen molar-refractivity contribution < 1.29 is 26.0 Å². The third-order valence-corrected chi connectivity index (χ3v) is 7.63. The van der Waals surface area contributed by atoms with Crippen molar-refractivity contribution in [2.24, 2.45) is 0 Å². The van der Waals surface area contributed by atoms with E-state index in [9.17, 15) is 26.0 Å². The van der Waals surface area contributed by atoms with Crippen LogP contribution in [0.1, 0.15) is 24.0 Å². The van der Waals surface area contributed by atoms with Crippen LogP contribution in [0.4, 0.5) is 17.6 Å². The summed E-state index contributed by atoms with van der Waals surface area (Å²) in [6.07, 6.45) is -3.35. The summed E-state index contributed by atoms with van der Waals surface area (Å²) in [5.41, 5.74) is -0.147. The number of nitrogens with zero attached hydrogens (tertiary/aromatic N) is 2. The minimum atomic E-state index is -4.39. The van der Waals surface area contributed by atoms with Crippen LogP contribution < -0.4 is 0 Å². The Morgan fingerprint density at radius 2 is 1.80 bits per heavy atom. The number of alkyl halides is 3. The molecule has 0 saturated carbocycles. The molecule has 0 N–H and O–H groups in total. The molecule has 0 spiro atoms. The molecule has 1 aliphatic rings. The van der Waals surface area contributed by atoms with E-state index in [0.29, 0.717) is 24.9 Å². The van der Waals surface area contributed by atoms with Gasteiger partial charge in [0, 0.05) is 25.7 Å². The third kappa shape index (κ3) is 5.14. The molecule has 2 aromatic rings. The van der Waals surface area contributed by atoms with Gasteiger partial charge in [0.25, 0.3) is 0 Å². The van der Waals surface area contributed by atoms with Gasteiger partial charge < -0.3 is 0 Å². The number of sulfonamides is 1. The Morgan fingerprint density at radius 1 is 1.13 bits per heavy atom. The van der Waals surface area contributed by atoms with Gasteiger partial charge in [-0.25, -0.2) is 12.8 Å². The molecule has 0 aromatic heterocycles. The number of piperidine rings is 1. The van der Waals surface area contributed by atoms with Crippen LogP contribution in [0.15, 0.2) is 47.4 Å². The summed E-state index contributed by atoms with van der Waals surface area (Å²) in [6.45, 7) is 0.812. The van der Waals surface area contributed by atoms with Gasteiger partial charge in [-0.2, -0.15) is 17.5 Å². The number of rotatable bonds is 5. The minimum absolute atomic E-state index is 0.0229. The zero-order chi connectivity index (χ0) is 22.1.